The summed E-state index contributed by atoms with van der Waals surface area (Å²) in [6.45, 7) is 1.60. The third kappa shape index (κ3) is 4.37. The SMILES string of the molecule is O=C(NCc1ccc(Cl)cc1)c1cc2cccc3c2n(c1=O)CCN3CCS(=O)(=O)C1CC1. The first-order valence-electron chi connectivity index (χ1n) is 11.0. The van der Waals surface area contributed by atoms with Gasteiger partial charge in [-0.3, -0.25) is 9.59 Å². The van der Waals surface area contributed by atoms with Crippen LogP contribution < -0.4 is 15.8 Å². The number of aromatic nitrogens is 1. The first-order valence-corrected chi connectivity index (χ1v) is 13.1. The van der Waals surface area contributed by atoms with Crippen LogP contribution in [0.4, 0.5) is 5.69 Å². The molecular formula is C24H24ClN3O4S. The number of carbonyl (C=O) groups is 1. The Labute approximate surface area is 196 Å². The smallest absolute Gasteiger partial charge is 0.264 e. The first-order chi connectivity index (χ1) is 15.8. The first kappa shape index (κ1) is 22.0. The molecule has 1 fully saturated rings. The van der Waals surface area contributed by atoms with E-state index in [0.717, 1.165) is 35.0 Å². The summed E-state index contributed by atoms with van der Waals surface area (Å²) in [5, 5.41) is 4.03. The molecular weight excluding hydrogens is 462 g/mol. The van der Waals surface area contributed by atoms with Gasteiger partial charge in [-0.05, 0) is 42.7 Å². The Hall–Kier alpha value is -2.84. The Morgan fingerprint density at radius 3 is 2.58 bits per heavy atom. The summed E-state index contributed by atoms with van der Waals surface area (Å²) in [4.78, 5) is 28.1. The van der Waals surface area contributed by atoms with E-state index in [4.69, 9.17) is 11.6 Å². The molecule has 2 heterocycles. The highest BCUT2D eigenvalue weighted by Crippen LogP contribution is 2.32. The second-order valence-electron chi connectivity index (χ2n) is 8.59. The molecule has 172 valence electrons. The molecule has 1 aliphatic heterocycles. The zero-order chi connectivity index (χ0) is 23.2. The molecule has 1 amide bonds. The minimum atomic E-state index is -3.06. The number of para-hydroxylation sites is 1. The Morgan fingerprint density at radius 2 is 1.85 bits per heavy atom. The predicted molar refractivity (Wildman–Crippen MR) is 130 cm³/mol. The summed E-state index contributed by atoms with van der Waals surface area (Å²) < 4.78 is 26.3. The van der Waals surface area contributed by atoms with Gasteiger partial charge in [-0.1, -0.05) is 35.9 Å². The molecule has 2 aliphatic rings. The van der Waals surface area contributed by atoms with E-state index in [1.807, 2.05) is 35.2 Å². The highest BCUT2D eigenvalue weighted by Gasteiger charge is 2.35. The fourth-order valence-electron chi connectivity index (χ4n) is 4.34. The number of nitrogens with zero attached hydrogens (tertiary/aromatic N) is 2. The van der Waals surface area contributed by atoms with Gasteiger partial charge >= 0.3 is 0 Å². The second kappa shape index (κ2) is 8.50. The highest BCUT2D eigenvalue weighted by molar-refractivity contribution is 7.92. The van der Waals surface area contributed by atoms with Gasteiger partial charge in [0, 0.05) is 36.6 Å². The molecule has 1 saturated carbocycles. The molecule has 2 aromatic carbocycles. The zero-order valence-corrected chi connectivity index (χ0v) is 19.5. The van der Waals surface area contributed by atoms with E-state index in [2.05, 4.69) is 5.32 Å². The van der Waals surface area contributed by atoms with Crippen LogP contribution in [0.5, 0.6) is 0 Å². The summed E-state index contributed by atoms with van der Waals surface area (Å²) in [6, 6.07) is 14.4. The number of rotatable bonds is 7. The number of amides is 1. The van der Waals surface area contributed by atoms with Crippen molar-refractivity contribution in [2.45, 2.75) is 31.2 Å². The van der Waals surface area contributed by atoms with Crippen LogP contribution in [0.2, 0.25) is 5.02 Å². The van der Waals surface area contributed by atoms with Gasteiger partial charge in [0.25, 0.3) is 11.5 Å². The quantitative estimate of drug-likeness (QED) is 0.555. The van der Waals surface area contributed by atoms with Crippen molar-refractivity contribution in [3.63, 3.8) is 0 Å². The lowest BCUT2D eigenvalue weighted by molar-refractivity contribution is 0.0949. The van der Waals surface area contributed by atoms with Gasteiger partial charge < -0.3 is 14.8 Å². The van der Waals surface area contributed by atoms with Gasteiger partial charge in [-0.15, -0.1) is 0 Å². The monoisotopic (exact) mass is 485 g/mol. The predicted octanol–water partition coefficient (Wildman–Crippen LogP) is 2.98. The number of pyridine rings is 1. The average molecular weight is 486 g/mol. The maximum atomic E-state index is 13.2. The number of hydrogen-bond donors (Lipinski definition) is 1. The normalized spacial score (nSPS) is 15.6. The summed E-state index contributed by atoms with van der Waals surface area (Å²) in [5.74, 6) is -0.312. The molecule has 0 unspecified atom stereocenters. The summed E-state index contributed by atoms with van der Waals surface area (Å²) in [5.41, 5.74) is 2.21. The molecule has 0 atom stereocenters. The second-order valence-corrected chi connectivity index (χ2v) is 11.4. The van der Waals surface area contributed by atoms with Crippen molar-refractivity contribution >= 4 is 43.9 Å². The van der Waals surface area contributed by atoms with Gasteiger partial charge in [0.15, 0.2) is 9.84 Å². The lowest BCUT2D eigenvalue weighted by Gasteiger charge is -2.32. The Bertz CT molecular complexity index is 1400. The standard InChI is InChI=1S/C24H24ClN3O4S/c25-18-6-4-16(5-7-18)15-26-23(29)20-14-17-2-1-3-21-22(17)28(24(20)30)11-10-27(21)12-13-33(31,32)19-8-9-19/h1-7,14,19H,8-13,15H2,(H,26,29). The van der Waals surface area contributed by atoms with Crippen LogP contribution in [0.25, 0.3) is 10.9 Å². The lowest BCUT2D eigenvalue weighted by Crippen LogP contribution is -2.41. The van der Waals surface area contributed by atoms with Crippen molar-refractivity contribution in [3.8, 4) is 0 Å². The van der Waals surface area contributed by atoms with Gasteiger partial charge in [-0.2, -0.15) is 0 Å². The van der Waals surface area contributed by atoms with E-state index in [0.29, 0.717) is 24.7 Å². The lowest BCUT2D eigenvalue weighted by atomic mass is 10.1. The van der Waals surface area contributed by atoms with E-state index in [1.165, 1.54) is 0 Å². The zero-order valence-electron chi connectivity index (χ0n) is 18.0. The van der Waals surface area contributed by atoms with E-state index in [1.54, 1.807) is 22.8 Å². The van der Waals surface area contributed by atoms with Crippen LogP contribution in [0.3, 0.4) is 0 Å². The van der Waals surface area contributed by atoms with E-state index < -0.39 is 15.7 Å². The number of benzene rings is 2. The van der Waals surface area contributed by atoms with Crippen LogP contribution >= 0.6 is 11.6 Å². The van der Waals surface area contributed by atoms with Crippen molar-refractivity contribution in [1.29, 1.82) is 0 Å². The van der Waals surface area contributed by atoms with Gasteiger partial charge in [-0.25, -0.2) is 8.42 Å². The third-order valence-corrected chi connectivity index (χ3v) is 8.81. The van der Waals surface area contributed by atoms with Crippen LogP contribution in [0.15, 0.2) is 53.3 Å². The van der Waals surface area contributed by atoms with Crippen LogP contribution in [-0.2, 0) is 22.9 Å². The van der Waals surface area contributed by atoms with Crippen LogP contribution in [-0.4, -0.2) is 43.0 Å². The number of carbonyl (C=O) groups excluding carboxylic acids is 1. The molecule has 9 heteroatoms. The molecule has 33 heavy (non-hydrogen) atoms. The van der Waals surface area contributed by atoms with Crippen LogP contribution in [0.1, 0.15) is 28.8 Å². The molecule has 1 N–H and O–H groups in total. The molecule has 0 radical (unpaired) electrons. The molecule has 5 rings (SSSR count). The third-order valence-electron chi connectivity index (χ3n) is 6.31. The molecule has 3 aromatic rings. The Balaban J connectivity index is 1.41. The van der Waals surface area contributed by atoms with Gasteiger partial charge in [0.05, 0.1) is 22.2 Å². The molecule has 7 nitrogen and oxygen atoms in total. The van der Waals surface area contributed by atoms with Crippen molar-refractivity contribution < 1.29 is 13.2 Å². The van der Waals surface area contributed by atoms with Gasteiger partial charge in [0.1, 0.15) is 5.56 Å². The topological polar surface area (TPSA) is 88.5 Å². The fraction of sp³-hybridized carbons (Fsp3) is 0.333. The van der Waals surface area contributed by atoms with Gasteiger partial charge in [0.2, 0.25) is 0 Å². The minimum absolute atomic E-state index is 0.0957. The fourth-order valence-corrected chi connectivity index (χ4v) is 6.13. The molecule has 1 aromatic heterocycles. The molecule has 0 saturated heterocycles. The van der Waals surface area contributed by atoms with Crippen molar-refractivity contribution in [2.24, 2.45) is 0 Å². The van der Waals surface area contributed by atoms with E-state index >= 15 is 0 Å². The number of sulfone groups is 1. The maximum Gasteiger partial charge on any atom is 0.264 e. The number of anilines is 1. The number of nitrogens with one attached hydrogen (secondary N) is 1. The molecule has 1 aliphatic carbocycles. The summed E-state index contributed by atoms with van der Waals surface area (Å²) in [7, 11) is -3.06. The summed E-state index contributed by atoms with van der Waals surface area (Å²) >= 11 is 5.90. The largest absolute Gasteiger partial charge is 0.367 e. The average Bonchev–Trinajstić information content (AvgIpc) is 3.66. The Kier molecular flexibility index (Phi) is 5.66. The highest BCUT2D eigenvalue weighted by atomic mass is 35.5. The number of halogens is 1. The van der Waals surface area contributed by atoms with Crippen LogP contribution in [0, 0.1) is 0 Å². The van der Waals surface area contributed by atoms with Crippen molar-refractivity contribution in [3.05, 3.63) is 75.0 Å². The summed E-state index contributed by atoms with van der Waals surface area (Å²) in [6.07, 6.45) is 1.53. The minimum Gasteiger partial charge on any atom is -0.367 e. The van der Waals surface area contributed by atoms with E-state index in [9.17, 15) is 18.0 Å². The van der Waals surface area contributed by atoms with E-state index in [-0.39, 0.29) is 28.7 Å². The number of hydrogen-bond acceptors (Lipinski definition) is 5. The maximum absolute atomic E-state index is 13.2. The molecule has 0 spiro atoms. The van der Waals surface area contributed by atoms with Crippen molar-refractivity contribution in [1.82, 2.24) is 9.88 Å². The Morgan fingerprint density at radius 1 is 1.09 bits per heavy atom. The van der Waals surface area contributed by atoms with Crippen molar-refractivity contribution in [2.75, 3.05) is 23.7 Å². The molecule has 0 bridgehead atoms.